The maximum absolute atomic E-state index is 9.98. The van der Waals surface area contributed by atoms with E-state index < -0.39 is 5.92 Å². The molecule has 8 heteroatoms. The normalized spacial score (nSPS) is 24.9. The highest BCUT2D eigenvalue weighted by molar-refractivity contribution is 5.91. The van der Waals surface area contributed by atoms with Crippen molar-refractivity contribution in [3.05, 3.63) is 11.7 Å². The molecule has 8 nitrogen and oxygen atoms in total. The second kappa shape index (κ2) is 9.60. The predicted molar refractivity (Wildman–Crippen MR) is 108 cm³/mol. The summed E-state index contributed by atoms with van der Waals surface area (Å²) in [6.45, 7) is 5.01. The zero-order valence-electron chi connectivity index (χ0n) is 17.1. The summed E-state index contributed by atoms with van der Waals surface area (Å²) in [5.41, 5.74) is 0.484. The van der Waals surface area contributed by atoms with Gasteiger partial charge in [0, 0.05) is 49.8 Å². The van der Waals surface area contributed by atoms with Crippen LogP contribution in [-0.2, 0) is 0 Å². The number of aliphatic hydroxyl groups is 1. The smallest absolute Gasteiger partial charge is 0.237 e. The molecule has 1 saturated heterocycles. The minimum atomic E-state index is -0.402. The second-order valence-electron chi connectivity index (χ2n) is 8.39. The van der Waals surface area contributed by atoms with Gasteiger partial charge in [0.2, 0.25) is 5.89 Å². The van der Waals surface area contributed by atoms with Crippen LogP contribution in [0, 0.1) is 23.7 Å². The van der Waals surface area contributed by atoms with Crippen molar-refractivity contribution in [3.8, 4) is 0 Å². The minimum Gasteiger partial charge on any atom is -0.396 e. The first-order chi connectivity index (χ1) is 13.5. The molecule has 3 unspecified atom stereocenters. The molecule has 1 aliphatic carbocycles. The molecule has 3 atom stereocenters. The zero-order valence-corrected chi connectivity index (χ0v) is 17.1. The largest absolute Gasteiger partial charge is 0.396 e. The molecule has 0 radical (unpaired) electrons. The van der Waals surface area contributed by atoms with Gasteiger partial charge in [0.1, 0.15) is 11.8 Å². The number of hydrogen-bond acceptors (Lipinski definition) is 7. The summed E-state index contributed by atoms with van der Waals surface area (Å²) >= 11 is 0. The Balaban J connectivity index is 1.65. The Bertz CT molecular complexity index is 669. The van der Waals surface area contributed by atoms with Crippen LogP contribution in [0.5, 0.6) is 0 Å². The van der Waals surface area contributed by atoms with Crippen molar-refractivity contribution in [2.24, 2.45) is 5.92 Å². The standard InChI is InChI=1S/C20H34N6O2/c1-13(21)10-17(20-23-14(2)25-28-20)19(22)26-9-8-18(15(11-26)12-27)24-16-6-4-3-5-7-16/h15-18,21-22,24,27H,3-12H2,1-2H3. The summed E-state index contributed by atoms with van der Waals surface area (Å²) in [5, 5.41) is 34.3. The van der Waals surface area contributed by atoms with Gasteiger partial charge in [-0.25, -0.2) is 0 Å². The first-order valence-corrected chi connectivity index (χ1v) is 10.5. The third kappa shape index (κ3) is 5.17. The van der Waals surface area contributed by atoms with Gasteiger partial charge < -0.3 is 25.3 Å². The number of aliphatic hydroxyl groups excluding tert-OH is 1. The van der Waals surface area contributed by atoms with Crippen LogP contribution in [0.1, 0.15) is 69.5 Å². The van der Waals surface area contributed by atoms with Gasteiger partial charge in [0.15, 0.2) is 5.82 Å². The van der Waals surface area contributed by atoms with Crippen molar-refractivity contribution in [2.75, 3.05) is 19.7 Å². The second-order valence-corrected chi connectivity index (χ2v) is 8.39. The van der Waals surface area contributed by atoms with Gasteiger partial charge in [-0.2, -0.15) is 4.98 Å². The summed E-state index contributed by atoms with van der Waals surface area (Å²) in [6.07, 6.45) is 7.67. The van der Waals surface area contributed by atoms with Crippen molar-refractivity contribution in [1.82, 2.24) is 20.4 Å². The fourth-order valence-corrected chi connectivity index (χ4v) is 4.51. The number of piperidine rings is 1. The molecule has 1 aliphatic heterocycles. The average molecular weight is 391 g/mol. The molecule has 0 spiro atoms. The van der Waals surface area contributed by atoms with Crippen LogP contribution in [0.4, 0.5) is 0 Å². The monoisotopic (exact) mass is 390 g/mol. The highest BCUT2D eigenvalue weighted by Gasteiger charge is 2.35. The molecule has 1 saturated carbocycles. The van der Waals surface area contributed by atoms with E-state index in [-0.39, 0.29) is 12.5 Å². The number of nitrogens with one attached hydrogen (secondary N) is 3. The van der Waals surface area contributed by atoms with Crippen LogP contribution in [0.3, 0.4) is 0 Å². The molecule has 0 aromatic carbocycles. The van der Waals surface area contributed by atoms with Gasteiger partial charge >= 0.3 is 0 Å². The fraction of sp³-hybridized carbons (Fsp3) is 0.800. The Morgan fingerprint density at radius 1 is 1.29 bits per heavy atom. The van der Waals surface area contributed by atoms with E-state index >= 15 is 0 Å². The van der Waals surface area contributed by atoms with Crippen molar-refractivity contribution >= 4 is 11.5 Å². The molecule has 1 aromatic heterocycles. The quantitative estimate of drug-likeness (QED) is 0.419. The lowest BCUT2D eigenvalue weighted by molar-refractivity contribution is 0.112. The van der Waals surface area contributed by atoms with Crippen LogP contribution < -0.4 is 5.32 Å². The number of nitrogens with zero attached hydrogens (tertiary/aromatic N) is 3. The van der Waals surface area contributed by atoms with Crippen molar-refractivity contribution in [3.63, 3.8) is 0 Å². The Morgan fingerprint density at radius 2 is 2.04 bits per heavy atom. The summed E-state index contributed by atoms with van der Waals surface area (Å²) in [4.78, 5) is 6.33. The van der Waals surface area contributed by atoms with E-state index in [4.69, 9.17) is 15.3 Å². The van der Waals surface area contributed by atoms with Gasteiger partial charge in [0.05, 0.1) is 0 Å². The van der Waals surface area contributed by atoms with Crippen LogP contribution in [-0.4, -0.2) is 63.5 Å². The average Bonchev–Trinajstić information content (AvgIpc) is 3.12. The number of aromatic nitrogens is 2. The van der Waals surface area contributed by atoms with E-state index in [1.165, 1.54) is 32.1 Å². The zero-order chi connectivity index (χ0) is 20.1. The van der Waals surface area contributed by atoms with E-state index in [1.807, 2.05) is 4.90 Å². The van der Waals surface area contributed by atoms with Crippen LogP contribution >= 0.6 is 0 Å². The first-order valence-electron chi connectivity index (χ1n) is 10.5. The molecule has 28 heavy (non-hydrogen) atoms. The molecule has 0 amide bonds. The highest BCUT2D eigenvalue weighted by Crippen LogP contribution is 2.27. The van der Waals surface area contributed by atoms with Crippen LogP contribution in [0.2, 0.25) is 0 Å². The van der Waals surface area contributed by atoms with Gasteiger partial charge in [-0.05, 0) is 33.1 Å². The van der Waals surface area contributed by atoms with Gasteiger partial charge in [-0.3, -0.25) is 5.41 Å². The van der Waals surface area contributed by atoms with E-state index in [0.29, 0.717) is 48.3 Å². The van der Waals surface area contributed by atoms with Crippen molar-refractivity contribution in [1.29, 1.82) is 10.8 Å². The number of rotatable bonds is 7. The van der Waals surface area contributed by atoms with Crippen molar-refractivity contribution in [2.45, 2.75) is 76.8 Å². The third-order valence-electron chi connectivity index (χ3n) is 6.05. The number of amidine groups is 1. The molecule has 2 fully saturated rings. The van der Waals surface area contributed by atoms with Gasteiger partial charge in [-0.15, -0.1) is 0 Å². The first kappa shape index (κ1) is 20.9. The van der Waals surface area contributed by atoms with Crippen molar-refractivity contribution < 1.29 is 9.63 Å². The minimum absolute atomic E-state index is 0.0992. The molecule has 3 rings (SSSR count). The number of likely N-dealkylation sites (tertiary alicyclic amines) is 1. The highest BCUT2D eigenvalue weighted by atomic mass is 16.5. The molecule has 2 aliphatic rings. The number of hydrogen-bond donors (Lipinski definition) is 4. The lowest BCUT2D eigenvalue weighted by Crippen LogP contribution is -2.55. The summed E-state index contributed by atoms with van der Waals surface area (Å²) in [7, 11) is 0. The van der Waals surface area contributed by atoms with E-state index in [1.54, 1.807) is 13.8 Å². The summed E-state index contributed by atoms with van der Waals surface area (Å²) in [5.74, 6) is 1.05. The Morgan fingerprint density at radius 3 is 2.64 bits per heavy atom. The Labute approximate surface area is 167 Å². The summed E-state index contributed by atoms with van der Waals surface area (Å²) in [6, 6.07) is 0.860. The van der Waals surface area contributed by atoms with Gasteiger partial charge in [-0.1, -0.05) is 24.4 Å². The topological polar surface area (TPSA) is 122 Å². The SMILES string of the molecule is CC(=N)CC(C(=N)N1CCC(NC2CCCCC2)C(CO)C1)c1nc(C)no1. The fourth-order valence-electron chi connectivity index (χ4n) is 4.51. The maximum atomic E-state index is 9.98. The van der Waals surface area contributed by atoms with E-state index in [0.717, 1.165) is 13.0 Å². The predicted octanol–water partition coefficient (Wildman–Crippen LogP) is 2.47. The number of aryl methyl sites for hydroxylation is 1. The molecule has 2 heterocycles. The van der Waals surface area contributed by atoms with Crippen LogP contribution in [0.15, 0.2) is 4.52 Å². The van der Waals surface area contributed by atoms with Crippen LogP contribution in [0.25, 0.3) is 0 Å². The van der Waals surface area contributed by atoms with Gasteiger partial charge in [0.25, 0.3) is 0 Å². The maximum Gasteiger partial charge on any atom is 0.237 e. The molecule has 4 N–H and O–H groups in total. The molecular formula is C20H34N6O2. The van der Waals surface area contributed by atoms with E-state index in [9.17, 15) is 5.11 Å². The molecule has 0 bridgehead atoms. The summed E-state index contributed by atoms with van der Waals surface area (Å²) < 4.78 is 5.33. The third-order valence-corrected chi connectivity index (χ3v) is 6.05. The molecule has 156 valence electrons. The molecular weight excluding hydrogens is 356 g/mol. The van der Waals surface area contributed by atoms with E-state index in [2.05, 4.69) is 15.5 Å². The lowest BCUT2D eigenvalue weighted by atomic mass is 9.88. The Kier molecular flexibility index (Phi) is 7.18. The molecule has 1 aromatic rings. The Hall–Kier alpha value is -1.80. The lowest BCUT2D eigenvalue weighted by Gasteiger charge is -2.42.